The Morgan fingerprint density at radius 2 is 2.47 bits per heavy atom. The summed E-state index contributed by atoms with van der Waals surface area (Å²) in [6.45, 7) is 3.14. The number of piperidine rings is 1. The van der Waals surface area contributed by atoms with Crippen molar-refractivity contribution in [1.29, 1.82) is 0 Å². The van der Waals surface area contributed by atoms with Crippen LogP contribution in [0.2, 0.25) is 0 Å². The molecule has 5 nitrogen and oxygen atoms in total. The number of nitrogens with two attached hydrogens (primary N) is 1. The van der Waals surface area contributed by atoms with E-state index in [-0.39, 0.29) is 0 Å². The molecule has 1 aliphatic rings. The molecule has 0 aromatic carbocycles. The molecule has 0 aliphatic carbocycles. The maximum Gasteiger partial charge on any atom is 0.139 e. The lowest BCUT2D eigenvalue weighted by atomic mass is 10.1. The molecule has 3 N–H and O–H groups in total. The summed E-state index contributed by atoms with van der Waals surface area (Å²) in [5.74, 6) is 0.315. The number of methoxy groups -OCH3 is 1. The highest BCUT2D eigenvalue weighted by molar-refractivity contribution is 5.79. The first-order chi connectivity index (χ1) is 7.26. The molecular formula is C10H21N3O2. The molecule has 0 aromatic heterocycles. The summed E-state index contributed by atoms with van der Waals surface area (Å²) in [6.07, 6.45) is 4.33. The molecule has 1 unspecified atom stereocenters. The van der Waals surface area contributed by atoms with Crippen molar-refractivity contribution in [3.05, 3.63) is 0 Å². The van der Waals surface area contributed by atoms with E-state index in [1.807, 2.05) is 0 Å². The molecule has 1 fully saturated rings. The SMILES string of the molecule is COC1CCCN(CCCC(N)=NO)C1. The van der Waals surface area contributed by atoms with E-state index in [0.717, 1.165) is 32.5 Å². The van der Waals surface area contributed by atoms with Crippen molar-refractivity contribution in [3.63, 3.8) is 0 Å². The first kappa shape index (κ1) is 12.3. The van der Waals surface area contributed by atoms with Gasteiger partial charge in [0.15, 0.2) is 0 Å². The van der Waals surface area contributed by atoms with Crippen molar-refractivity contribution < 1.29 is 9.94 Å². The maximum atomic E-state index is 8.38. The number of amidine groups is 1. The minimum absolute atomic E-state index is 0.315. The van der Waals surface area contributed by atoms with Gasteiger partial charge in [-0.25, -0.2) is 0 Å². The molecule has 0 radical (unpaired) electrons. The fraction of sp³-hybridized carbons (Fsp3) is 0.900. The van der Waals surface area contributed by atoms with Gasteiger partial charge in [-0.1, -0.05) is 5.16 Å². The Hall–Kier alpha value is -0.810. The first-order valence-corrected chi connectivity index (χ1v) is 5.47. The van der Waals surface area contributed by atoms with Gasteiger partial charge in [0.1, 0.15) is 5.84 Å². The summed E-state index contributed by atoms with van der Waals surface area (Å²) < 4.78 is 5.34. The molecular weight excluding hydrogens is 194 g/mol. The Morgan fingerprint density at radius 1 is 1.67 bits per heavy atom. The number of rotatable bonds is 5. The van der Waals surface area contributed by atoms with Crippen LogP contribution in [-0.4, -0.2) is 48.8 Å². The largest absolute Gasteiger partial charge is 0.409 e. The fourth-order valence-corrected chi connectivity index (χ4v) is 1.94. The van der Waals surface area contributed by atoms with Crippen LogP contribution in [0.5, 0.6) is 0 Å². The number of ether oxygens (including phenoxy) is 1. The van der Waals surface area contributed by atoms with Gasteiger partial charge in [0.25, 0.3) is 0 Å². The van der Waals surface area contributed by atoms with Crippen LogP contribution in [0.25, 0.3) is 0 Å². The fourth-order valence-electron chi connectivity index (χ4n) is 1.94. The summed E-state index contributed by atoms with van der Waals surface area (Å²) in [4.78, 5) is 2.38. The topological polar surface area (TPSA) is 71.1 Å². The van der Waals surface area contributed by atoms with Crippen molar-refractivity contribution >= 4 is 5.84 Å². The first-order valence-electron chi connectivity index (χ1n) is 5.47. The lowest BCUT2D eigenvalue weighted by Crippen LogP contribution is -2.39. The van der Waals surface area contributed by atoms with E-state index in [1.165, 1.54) is 6.42 Å². The van der Waals surface area contributed by atoms with Crippen molar-refractivity contribution in [2.75, 3.05) is 26.7 Å². The van der Waals surface area contributed by atoms with Gasteiger partial charge >= 0.3 is 0 Å². The van der Waals surface area contributed by atoms with E-state index >= 15 is 0 Å². The summed E-state index contributed by atoms with van der Waals surface area (Å²) >= 11 is 0. The molecule has 1 rings (SSSR count). The molecule has 0 aromatic rings. The molecule has 1 heterocycles. The minimum Gasteiger partial charge on any atom is -0.409 e. The van der Waals surface area contributed by atoms with E-state index in [9.17, 15) is 0 Å². The van der Waals surface area contributed by atoms with Gasteiger partial charge in [-0.2, -0.15) is 0 Å². The van der Waals surface area contributed by atoms with E-state index < -0.39 is 0 Å². The van der Waals surface area contributed by atoms with Crippen LogP contribution < -0.4 is 5.73 Å². The lowest BCUT2D eigenvalue weighted by Gasteiger charge is -2.31. The van der Waals surface area contributed by atoms with Gasteiger partial charge in [0, 0.05) is 20.1 Å². The monoisotopic (exact) mass is 215 g/mol. The third-order valence-electron chi connectivity index (χ3n) is 2.83. The molecule has 88 valence electrons. The Morgan fingerprint density at radius 3 is 3.13 bits per heavy atom. The second-order valence-corrected chi connectivity index (χ2v) is 4.00. The smallest absolute Gasteiger partial charge is 0.139 e. The predicted molar refractivity (Wildman–Crippen MR) is 59.1 cm³/mol. The Labute approximate surface area is 90.9 Å². The molecule has 1 atom stereocenters. The standard InChI is InChI=1S/C10H21N3O2/c1-15-9-4-2-6-13(8-9)7-3-5-10(11)12-14/h9,14H,2-8H2,1H3,(H2,11,12). The zero-order chi connectivity index (χ0) is 11.1. The van der Waals surface area contributed by atoms with Gasteiger partial charge in [-0.05, 0) is 32.4 Å². The van der Waals surface area contributed by atoms with Crippen molar-refractivity contribution in [2.24, 2.45) is 10.9 Å². The highest BCUT2D eigenvalue weighted by atomic mass is 16.5. The van der Waals surface area contributed by atoms with Crippen LogP contribution in [0.4, 0.5) is 0 Å². The predicted octanol–water partition coefficient (Wildman–Crippen LogP) is 0.624. The number of hydrogen-bond donors (Lipinski definition) is 2. The van der Waals surface area contributed by atoms with Crippen LogP contribution in [0.1, 0.15) is 25.7 Å². The number of hydrogen-bond acceptors (Lipinski definition) is 4. The van der Waals surface area contributed by atoms with Crippen LogP contribution in [0.15, 0.2) is 5.16 Å². The third kappa shape index (κ3) is 4.48. The zero-order valence-corrected chi connectivity index (χ0v) is 9.35. The molecule has 1 saturated heterocycles. The number of likely N-dealkylation sites (tertiary alicyclic amines) is 1. The van der Waals surface area contributed by atoms with Crippen LogP contribution in [-0.2, 0) is 4.74 Å². The Bertz CT molecular complexity index is 209. The summed E-state index contributed by atoms with van der Waals surface area (Å²) in [5.41, 5.74) is 5.40. The van der Waals surface area contributed by atoms with Gasteiger partial charge in [-0.15, -0.1) is 0 Å². The molecule has 0 spiro atoms. The lowest BCUT2D eigenvalue weighted by molar-refractivity contribution is 0.0312. The summed E-state index contributed by atoms with van der Waals surface area (Å²) in [5, 5.41) is 11.3. The maximum absolute atomic E-state index is 8.38. The molecule has 0 amide bonds. The third-order valence-corrected chi connectivity index (χ3v) is 2.83. The summed E-state index contributed by atoms with van der Waals surface area (Å²) in [7, 11) is 1.77. The van der Waals surface area contributed by atoms with Gasteiger partial charge in [-0.3, -0.25) is 0 Å². The zero-order valence-electron chi connectivity index (χ0n) is 9.35. The average molecular weight is 215 g/mol. The highest BCUT2D eigenvalue weighted by Crippen LogP contribution is 2.12. The van der Waals surface area contributed by atoms with Crippen LogP contribution in [0.3, 0.4) is 0 Å². The van der Waals surface area contributed by atoms with Crippen LogP contribution in [0, 0.1) is 0 Å². The highest BCUT2D eigenvalue weighted by Gasteiger charge is 2.18. The van der Waals surface area contributed by atoms with E-state index in [4.69, 9.17) is 15.7 Å². The molecule has 0 bridgehead atoms. The second-order valence-electron chi connectivity index (χ2n) is 4.00. The normalized spacial score (nSPS) is 24.3. The molecule has 15 heavy (non-hydrogen) atoms. The quantitative estimate of drug-likeness (QED) is 0.305. The average Bonchev–Trinajstić information content (AvgIpc) is 2.29. The van der Waals surface area contributed by atoms with Gasteiger partial charge in [0.05, 0.1) is 6.10 Å². The number of oxime groups is 1. The molecule has 1 aliphatic heterocycles. The minimum atomic E-state index is 0.315. The molecule has 5 heteroatoms. The van der Waals surface area contributed by atoms with Gasteiger partial charge in [0.2, 0.25) is 0 Å². The second kappa shape index (κ2) is 6.63. The van der Waals surface area contributed by atoms with E-state index in [2.05, 4.69) is 10.1 Å². The van der Waals surface area contributed by atoms with E-state index in [0.29, 0.717) is 18.4 Å². The Kier molecular flexibility index (Phi) is 5.42. The van der Waals surface area contributed by atoms with Crippen molar-refractivity contribution in [3.8, 4) is 0 Å². The van der Waals surface area contributed by atoms with Crippen molar-refractivity contribution in [1.82, 2.24) is 4.90 Å². The van der Waals surface area contributed by atoms with Gasteiger partial charge < -0.3 is 20.6 Å². The van der Waals surface area contributed by atoms with Crippen LogP contribution >= 0.6 is 0 Å². The van der Waals surface area contributed by atoms with Crippen molar-refractivity contribution in [2.45, 2.75) is 31.8 Å². The summed E-state index contributed by atoms with van der Waals surface area (Å²) in [6, 6.07) is 0. The Balaban J connectivity index is 2.15. The number of nitrogens with zero attached hydrogens (tertiary/aromatic N) is 2. The molecule has 0 saturated carbocycles. The van der Waals surface area contributed by atoms with E-state index in [1.54, 1.807) is 7.11 Å².